The fourth-order valence-electron chi connectivity index (χ4n) is 1.83. The summed E-state index contributed by atoms with van der Waals surface area (Å²) in [4.78, 5) is 13.2. The van der Waals surface area contributed by atoms with Crippen LogP contribution in [-0.4, -0.2) is 25.4 Å². The third-order valence-corrected chi connectivity index (χ3v) is 4.21. The largest absolute Gasteiger partial charge is 0.497 e. The minimum absolute atomic E-state index is 0.0361. The Morgan fingerprint density at radius 3 is 1.95 bits per heavy atom. The highest BCUT2D eigenvalue weighted by atomic mass is 32.2. The number of carbonyl (C=O) groups is 1. The zero-order valence-corrected chi connectivity index (χ0v) is 13.6. The van der Waals surface area contributed by atoms with Crippen LogP contribution in [0.1, 0.15) is 6.92 Å². The van der Waals surface area contributed by atoms with E-state index in [1.165, 1.54) is 11.8 Å². The van der Waals surface area contributed by atoms with Gasteiger partial charge in [-0.1, -0.05) is 0 Å². The second-order valence-electron chi connectivity index (χ2n) is 4.65. The van der Waals surface area contributed by atoms with E-state index in [9.17, 15) is 4.79 Å². The van der Waals surface area contributed by atoms with Crippen LogP contribution in [0.15, 0.2) is 53.4 Å². The van der Waals surface area contributed by atoms with E-state index in [4.69, 9.17) is 9.47 Å². The summed E-state index contributed by atoms with van der Waals surface area (Å²) >= 11 is 1.51. The summed E-state index contributed by atoms with van der Waals surface area (Å²) in [6.07, 6.45) is 0. The summed E-state index contributed by atoms with van der Waals surface area (Å²) < 4.78 is 10.2. The van der Waals surface area contributed by atoms with Crippen molar-refractivity contribution in [2.45, 2.75) is 17.1 Å². The molecule has 2 aromatic rings. The van der Waals surface area contributed by atoms with Gasteiger partial charge in [0.15, 0.2) is 0 Å². The molecule has 0 spiro atoms. The van der Waals surface area contributed by atoms with Crippen molar-refractivity contribution in [2.24, 2.45) is 0 Å². The van der Waals surface area contributed by atoms with Crippen LogP contribution < -0.4 is 14.8 Å². The number of carbonyl (C=O) groups excluding carboxylic acids is 1. The van der Waals surface area contributed by atoms with Gasteiger partial charge in [-0.25, -0.2) is 0 Å². The molecular formula is C17H19NO3S. The van der Waals surface area contributed by atoms with Crippen LogP contribution in [0.3, 0.4) is 0 Å². The summed E-state index contributed by atoms with van der Waals surface area (Å²) in [5, 5.41) is 2.70. The normalized spacial score (nSPS) is 11.6. The molecule has 116 valence electrons. The molecule has 0 aliphatic carbocycles. The maximum atomic E-state index is 12.2. The summed E-state index contributed by atoms with van der Waals surface area (Å²) in [7, 11) is 3.24. The molecule has 1 atom stereocenters. The molecule has 2 aromatic carbocycles. The van der Waals surface area contributed by atoms with E-state index in [2.05, 4.69) is 5.32 Å². The number of methoxy groups -OCH3 is 2. The average Bonchev–Trinajstić information content (AvgIpc) is 2.56. The van der Waals surface area contributed by atoms with Gasteiger partial charge < -0.3 is 14.8 Å². The van der Waals surface area contributed by atoms with Crippen LogP contribution in [-0.2, 0) is 4.79 Å². The van der Waals surface area contributed by atoms with Crippen molar-refractivity contribution in [3.63, 3.8) is 0 Å². The average molecular weight is 317 g/mol. The summed E-state index contributed by atoms with van der Waals surface area (Å²) in [5.74, 6) is 1.53. The molecule has 0 heterocycles. The van der Waals surface area contributed by atoms with Crippen molar-refractivity contribution >= 4 is 23.4 Å². The fourth-order valence-corrected chi connectivity index (χ4v) is 2.70. The highest BCUT2D eigenvalue weighted by Crippen LogP contribution is 2.26. The number of amides is 1. The third kappa shape index (κ3) is 4.43. The van der Waals surface area contributed by atoms with Gasteiger partial charge >= 0.3 is 0 Å². The Morgan fingerprint density at radius 2 is 1.45 bits per heavy atom. The Morgan fingerprint density at radius 1 is 0.955 bits per heavy atom. The van der Waals surface area contributed by atoms with E-state index >= 15 is 0 Å². The van der Waals surface area contributed by atoms with E-state index in [0.29, 0.717) is 0 Å². The molecule has 1 amide bonds. The maximum Gasteiger partial charge on any atom is 0.237 e. The number of thioether (sulfide) groups is 1. The van der Waals surface area contributed by atoms with Gasteiger partial charge in [-0.05, 0) is 55.5 Å². The molecule has 0 fully saturated rings. The minimum atomic E-state index is -0.199. The molecule has 0 aliphatic heterocycles. The molecule has 0 saturated heterocycles. The number of hydrogen-bond acceptors (Lipinski definition) is 4. The standard InChI is InChI=1S/C17H19NO3S/c1-12(22-16-10-8-15(21-3)9-11-16)17(19)18-13-4-6-14(20-2)7-5-13/h4-12H,1-3H3,(H,18,19)/t12-/m1/s1. The van der Waals surface area contributed by atoms with Crippen LogP contribution in [0, 0.1) is 0 Å². The van der Waals surface area contributed by atoms with Crippen molar-refractivity contribution in [1.29, 1.82) is 0 Å². The first kappa shape index (κ1) is 16.2. The zero-order valence-electron chi connectivity index (χ0n) is 12.8. The van der Waals surface area contributed by atoms with Crippen molar-refractivity contribution < 1.29 is 14.3 Å². The molecule has 0 saturated carbocycles. The first-order valence-corrected chi connectivity index (χ1v) is 7.76. The topological polar surface area (TPSA) is 47.6 Å². The first-order chi connectivity index (χ1) is 10.6. The monoisotopic (exact) mass is 317 g/mol. The van der Waals surface area contributed by atoms with E-state index in [-0.39, 0.29) is 11.2 Å². The number of ether oxygens (including phenoxy) is 2. The van der Waals surface area contributed by atoms with Gasteiger partial charge in [0.1, 0.15) is 11.5 Å². The number of hydrogen-bond donors (Lipinski definition) is 1. The Balaban J connectivity index is 1.92. The van der Waals surface area contributed by atoms with Crippen molar-refractivity contribution in [1.82, 2.24) is 0 Å². The fraction of sp³-hybridized carbons (Fsp3) is 0.235. The molecule has 1 N–H and O–H groups in total. The molecule has 0 aromatic heterocycles. The number of nitrogens with one attached hydrogen (secondary N) is 1. The number of benzene rings is 2. The van der Waals surface area contributed by atoms with Gasteiger partial charge in [0.05, 0.1) is 19.5 Å². The molecule has 22 heavy (non-hydrogen) atoms. The van der Waals surface area contributed by atoms with Gasteiger partial charge in [-0.2, -0.15) is 0 Å². The highest BCUT2D eigenvalue weighted by molar-refractivity contribution is 8.00. The lowest BCUT2D eigenvalue weighted by atomic mass is 10.3. The summed E-state index contributed by atoms with van der Waals surface area (Å²) in [6.45, 7) is 1.88. The molecular weight excluding hydrogens is 298 g/mol. The predicted octanol–water partition coefficient (Wildman–Crippen LogP) is 3.82. The number of anilines is 1. The smallest absolute Gasteiger partial charge is 0.237 e. The van der Waals surface area contributed by atoms with Crippen LogP contribution in [0.2, 0.25) is 0 Å². The van der Waals surface area contributed by atoms with E-state index < -0.39 is 0 Å². The highest BCUT2D eigenvalue weighted by Gasteiger charge is 2.14. The van der Waals surface area contributed by atoms with Crippen LogP contribution >= 0.6 is 11.8 Å². The van der Waals surface area contributed by atoms with Gasteiger partial charge in [0.25, 0.3) is 0 Å². The van der Waals surface area contributed by atoms with Crippen LogP contribution in [0.4, 0.5) is 5.69 Å². The molecule has 0 aliphatic rings. The second kappa shape index (κ2) is 7.75. The Bertz CT molecular complexity index is 611. The first-order valence-electron chi connectivity index (χ1n) is 6.88. The second-order valence-corrected chi connectivity index (χ2v) is 6.07. The van der Waals surface area contributed by atoms with Gasteiger partial charge in [0.2, 0.25) is 5.91 Å². The quantitative estimate of drug-likeness (QED) is 0.823. The maximum absolute atomic E-state index is 12.2. The molecule has 0 unspecified atom stereocenters. The van der Waals surface area contributed by atoms with Gasteiger partial charge in [0, 0.05) is 10.6 Å². The predicted molar refractivity (Wildman–Crippen MR) is 89.9 cm³/mol. The molecule has 0 radical (unpaired) electrons. The van der Waals surface area contributed by atoms with Crippen molar-refractivity contribution in [3.8, 4) is 11.5 Å². The third-order valence-electron chi connectivity index (χ3n) is 3.10. The molecule has 5 heteroatoms. The molecule has 4 nitrogen and oxygen atoms in total. The van der Waals surface area contributed by atoms with Gasteiger partial charge in [-0.15, -0.1) is 11.8 Å². The van der Waals surface area contributed by atoms with Gasteiger partial charge in [-0.3, -0.25) is 4.79 Å². The Hall–Kier alpha value is -2.14. The summed E-state index contributed by atoms with van der Waals surface area (Å²) in [5.41, 5.74) is 0.757. The lowest BCUT2D eigenvalue weighted by Crippen LogP contribution is -2.22. The minimum Gasteiger partial charge on any atom is -0.497 e. The van der Waals surface area contributed by atoms with Crippen molar-refractivity contribution in [3.05, 3.63) is 48.5 Å². The Labute approximate surface area is 134 Å². The molecule has 2 rings (SSSR count). The van der Waals surface area contributed by atoms with E-state index in [1.54, 1.807) is 14.2 Å². The SMILES string of the molecule is COc1ccc(NC(=O)[C@@H](C)Sc2ccc(OC)cc2)cc1. The summed E-state index contributed by atoms with van der Waals surface area (Å²) in [6, 6.07) is 14.9. The van der Waals surface area contributed by atoms with Crippen LogP contribution in [0.5, 0.6) is 11.5 Å². The molecule has 0 bridgehead atoms. The van der Waals surface area contributed by atoms with Crippen molar-refractivity contribution in [2.75, 3.05) is 19.5 Å². The van der Waals surface area contributed by atoms with Crippen LogP contribution in [0.25, 0.3) is 0 Å². The zero-order chi connectivity index (χ0) is 15.9. The van der Waals surface area contributed by atoms with E-state index in [0.717, 1.165) is 22.1 Å². The Kier molecular flexibility index (Phi) is 5.72. The lowest BCUT2D eigenvalue weighted by Gasteiger charge is -2.12. The lowest BCUT2D eigenvalue weighted by molar-refractivity contribution is -0.115. The van der Waals surface area contributed by atoms with E-state index in [1.807, 2.05) is 55.5 Å². The number of rotatable bonds is 6.